The fourth-order valence-corrected chi connectivity index (χ4v) is 7.29. The molecule has 0 saturated carbocycles. The third-order valence-electron chi connectivity index (χ3n) is 9.20. The maximum absolute atomic E-state index is 14.9. The van der Waals surface area contributed by atoms with E-state index in [-0.39, 0.29) is 48.8 Å². The smallest absolute Gasteiger partial charge is 0.338 e. The van der Waals surface area contributed by atoms with Crippen molar-refractivity contribution in [1.29, 1.82) is 0 Å². The van der Waals surface area contributed by atoms with Gasteiger partial charge in [-0.05, 0) is 48.2 Å². The van der Waals surface area contributed by atoms with Crippen LogP contribution in [-0.4, -0.2) is 103 Å². The highest BCUT2D eigenvalue weighted by atomic mass is 32.1. The number of rotatable bonds is 11. The van der Waals surface area contributed by atoms with Crippen LogP contribution < -0.4 is 10.2 Å². The number of hydrogen-bond donors (Lipinski definition) is 2. The van der Waals surface area contributed by atoms with Gasteiger partial charge in [0.1, 0.15) is 6.04 Å². The number of hydrogen-bond acceptors (Lipinski definition) is 10. The van der Waals surface area contributed by atoms with Crippen molar-refractivity contribution in [3.05, 3.63) is 92.6 Å². The molecule has 2 saturated heterocycles. The Kier molecular flexibility index (Phi) is 10.0. The minimum Gasteiger partial charge on any atom is -0.481 e. The molecule has 2 aromatic carbocycles. The third-order valence-corrected chi connectivity index (χ3v) is 9.98. The maximum atomic E-state index is 14.9. The average Bonchev–Trinajstić information content (AvgIpc) is 3.76. The lowest BCUT2D eigenvalue weighted by molar-refractivity contribution is -0.137. The Morgan fingerprint density at radius 3 is 2.57 bits per heavy atom. The van der Waals surface area contributed by atoms with Crippen molar-refractivity contribution < 1.29 is 37.7 Å². The zero-order chi connectivity index (χ0) is 34.8. The Balaban J connectivity index is 1.32. The molecule has 2 amide bonds. The van der Waals surface area contributed by atoms with Gasteiger partial charge in [0, 0.05) is 62.7 Å². The number of carboxylic acid groups (broad SMARTS) is 1. The number of piperazine rings is 1. The number of halogens is 2. The molecule has 12 nitrogen and oxygen atoms in total. The van der Waals surface area contributed by atoms with Gasteiger partial charge in [-0.2, -0.15) is 0 Å². The first-order valence-corrected chi connectivity index (χ1v) is 16.6. The molecular weight excluding hydrogens is 658 g/mol. The van der Waals surface area contributed by atoms with E-state index in [0.29, 0.717) is 53.8 Å². The van der Waals surface area contributed by atoms with Gasteiger partial charge in [0.15, 0.2) is 22.5 Å². The second kappa shape index (κ2) is 14.4. The quantitative estimate of drug-likeness (QED) is 0.287. The Hall–Kier alpha value is -4.73. The van der Waals surface area contributed by atoms with Crippen molar-refractivity contribution in [2.75, 3.05) is 51.9 Å². The number of esters is 1. The van der Waals surface area contributed by atoms with Crippen molar-refractivity contribution in [1.82, 2.24) is 20.1 Å². The minimum atomic E-state index is -1.02. The number of nitrogens with one attached hydrogen (secondary N) is 1. The van der Waals surface area contributed by atoms with Gasteiger partial charge in [0.2, 0.25) is 0 Å². The van der Waals surface area contributed by atoms with Gasteiger partial charge >= 0.3 is 18.0 Å². The highest BCUT2D eigenvalue weighted by molar-refractivity contribution is 7.11. The van der Waals surface area contributed by atoms with Crippen molar-refractivity contribution in [2.24, 2.45) is 4.99 Å². The van der Waals surface area contributed by atoms with E-state index in [4.69, 9.17) is 19.6 Å². The number of methoxy groups -OCH3 is 2. The predicted octanol–water partition coefficient (Wildman–Crippen LogP) is 3.91. The number of benzene rings is 2. The molecule has 258 valence electrons. The fourth-order valence-electron chi connectivity index (χ4n) is 6.70. The summed E-state index contributed by atoms with van der Waals surface area (Å²) in [4.78, 5) is 53.0. The number of nitrogens with zero attached hydrogens (tertiary/aromatic N) is 5. The number of aliphatic imine (C=N–C) groups is 1. The number of aliphatic carboxylic acids is 1. The van der Waals surface area contributed by atoms with E-state index < -0.39 is 29.6 Å². The van der Waals surface area contributed by atoms with Crippen molar-refractivity contribution in [3.8, 4) is 0 Å². The highest BCUT2D eigenvalue weighted by Gasteiger charge is 2.47. The Morgan fingerprint density at radius 1 is 1.12 bits per heavy atom. The number of fused-ring (bicyclic) bond motifs is 1. The van der Waals surface area contributed by atoms with Crippen LogP contribution in [-0.2, 0) is 25.5 Å². The molecule has 2 N–H and O–H groups in total. The molecule has 1 aromatic heterocycles. The van der Waals surface area contributed by atoms with E-state index in [1.807, 2.05) is 29.2 Å². The second-order valence-electron chi connectivity index (χ2n) is 12.0. The largest absolute Gasteiger partial charge is 0.481 e. The Bertz CT molecular complexity index is 1800. The van der Waals surface area contributed by atoms with Gasteiger partial charge in [-0.3, -0.25) is 19.6 Å². The van der Waals surface area contributed by atoms with Crippen LogP contribution in [0.5, 0.6) is 0 Å². The molecule has 0 radical (unpaired) electrons. The number of carboxylic acids is 1. The van der Waals surface area contributed by atoms with E-state index in [1.165, 1.54) is 31.4 Å². The zero-order valence-corrected chi connectivity index (χ0v) is 28.0. The lowest BCUT2D eigenvalue weighted by Crippen LogP contribution is -2.61. The van der Waals surface area contributed by atoms with Gasteiger partial charge in [0.05, 0.1) is 31.4 Å². The molecule has 49 heavy (non-hydrogen) atoms. The standard InChI is InChI=1S/C34H36F2N6O6S/c1-19-22(9-10-23(35)29(19)36)30-28(33(45)48-3)24(38-31(39-30)32-37-12-15-49-32)16-40-13-14-41-25(26(40)18-47-2)17-42(34(41)46)21-7-4-20(5-8-21)6-11-27(43)44/h4-5,7-10,12,15,25-26,30H,6,11,13-14,16-18H2,1-3H3,(H,38,39)(H,43,44)/t25-,26-,30+/m1/s1. The monoisotopic (exact) mass is 694 g/mol. The first kappa shape index (κ1) is 34.1. The van der Waals surface area contributed by atoms with Gasteiger partial charge in [-0.15, -0.1) is 11.3 Å². The SMILES string of the molecule is COC[C@@H]1[C@H]2CN(c3ccc(CCC(=O)O)cc3)C(=O)N2CCN1CC1=C(C(=O)OC)[C@H](c2ccc(F)c(F)c2C)N=C(c2nccs2)N1. The summed E-state index contributed by atoms with van der Waals surface area (Å²) < 4.78 is 39.9. The fraction of sp³-hybridized carbons (Fsp3) is 0.382. The number of amides is 2. The number of ether oxygens (including phenoxy) is 2. The summed E-state index contributed by atoms with van der Waals surface area (Å²) in [5, 5.41) is 14.7. The first-order valence-electron chi connectivity index (χ1n) is 15.7. The van der Waals surface area contributed by atoms with Crippen LogP contribution in [0.15, 0.2) is 64.2 Å². The second-order valence-corrected chi connectivity index (χ2v) is 12.9. The molecular formula is C34H36F2N6O6S. The number of aromatic nitrogens is 1. The van der Waals surface area contributed by atoms with Gasteiger partial charge in [0.25, 0.3) is 0 Å². The normalized spacial score (nSPS) is 21.0. The molecule has 3 aliphatic rings. The zero-order valence-electron chi connectivity index (χ0n) is 27.2. The molecule has 0 aliphatic carbocycles. The maximum Gasteiger partial charge on any atom is 0.338 e. The van der Waals surface area contributed by atoms with Crippen molar-refractivity contribution in [2.45, 2.75) is 37.9 Å². The Labute approximate surface area is 285 Å². The Morgan fingerprint density at radius 2 is 1.90 bits per heavy atom. The molecule has 4 heterocycles. The molecule has 6 rings (SSSR count). The lowest BCUT2D eigenvalue weighted by Gasteiger charge is -2.44. The summed E-state index contributed by atoms with van der Waals surface area (Å²) >= 11 is 1.34. The van der Waals surface area contributed by atoms with Crippen LogP contribution in [0.25, 0.3) is 0 Å². The van der Waals surface area contributed by atoms with Gasteiger partial charge in [-0.25, -0.2) is 23.4 Å². The van der Waals surface area contributed by atoms with E-state index >= 15 is 0 Å². The highest BCUT2D eigenvalue weighted by Crippen LogP contribution is 2.37. The number of amidine groups is 1. The minimum absolute atomic E-state index is 0.0215. The van der Waals surface area contributed by atoms with E-state index in [9.17, 15) is 23.2 Å². The number of aryl methyl sites for hydroxylation is 1. The van der Waals surface area contributed by atoms with Gasteiger partial charge in [-0.1, -0.05) is 18.2 Å². The number of thiazole rings is 1. The molecule has 2 fully saturated rings. The van der Waals surface area contributed by atoms with E-state index in [0.717, 1.165) is 11.6 Å². The third kappa shape index (κ3) is 6.78. The number of urea groups is 1. The number of anilines is 1. The van der Waals surface area contributed by atoms with Crippen LogP contribution in [0.3, 0.4) is 0 Å². The molecule has 0 bridgehead atoms. The molecule has 0 unspecified atom stereocenters. The molecule has 3 atom stereocenters. The summed E-state index contributed by atoms with van der Waals surface area (Å²) in [5.41, 5.74) is 2.54. The van der Waals surface area contributed by atoms with Crippen molar-refractivity contribution >= 4 is 40.8 Å². The topological polar surface area (TPSA) is 137 Å². The van der Waals surface area contributed by atoms with Crippen LogP contribution in [0, 0.1) is 18.6 Å². The van der Waals surface area contributed by atoms with Crippen LogP contribution in [0.2, 0.25) is 0 Å². The average molecular weight is 695 g/mol. The summed E-state index contributed by atoms with van der Waals surface area (Å²) in [7, 11) is 2.85. The van der Waals surface area contributed by atoms with E-state index in [2.05, 4.69) is 15.2 Å². The summed E-state index contributed by atoms with van der Waals surface area (Å²) in [6, 6.07) is 8.10. The van der Waals surface area contributed by atoms with E-state index in [1.54, 1.807) is 23.6 Å². The van der Waals surface area contributed by atoms with Crippen LogP contribution >= 0.6 is 11.3 Å². The summed E-state index contributed by atoms with van der Waals surface area (Å²) in [6.07, 6.45) is 2.04. The summed E-state index contributed by atoms with van der Waals surface area (Å²) in [6.45, 7) is 3.20. The van der Waals surface area contributed by atoms with Crippen LogP contribution in [0.1, 0.15) is 34.2 Å². The lowest BCUT2D eigenvalue weighted by atomic mass is 9.91. The van der Waals surface area contributed by atoms with Crippen molar-refractivity contribution in [3.63, 3.8) is 0 Å². The van der Waals surface area contributed by atoms with Crippen LogP contribution in [0.4, 0.5) is 19.3 Å². The molecule has 3 aromatic rings. The molecule has 15 heteroatoms. The molecule has 0 spiro atoms. The number of carbonyl (C=O) groups excluding carboxylic acids is 2. The molecule has 3 aliphatic heterocycles. The van der Waals surface area contributed by atoms with Gasteiger partial charge < -0.3 is 24.8 Å². The number of carbonyl (C=O) groups is 3. The summed E-state index contributed by atoms with van der Waals surface area (Å²) in [5.74, 6) is -3.19. The predicted molar refractivity (Wildman–Crippen MR) is 178 cm³/mol. The first-order chi connectivity index (χ1) is 23.6.